The number of pyridine rings is 1. The Morgan fingerprint density at radius 1 is 1.47 bits per heavy atom. The third-order valence-electron chi connectivity index (χ3n) is 2.64. The van der Waals surface area contributed by atoms with Gasteiger partial charge in [-0.15, -0.1) is 0 Å². The Kier molecular flexibility index (Phi) is 6.23. The van der Waals surface area contributed by atoms with E-state index in [1.54, 1.807) is 6.20 Å². The van der Waals surface area contributed by atoms with E-state index in [9.17, 15) is 0 Å². The van der Waals surface area contributed by atoms with E-state index in [2.05, 4.69) is 22.9 Å². The van der Waals surface area contributed by atoms with E-state index in [0.29, 0.717) is 18.8 Å². The number of unbranched alkanes of at least 4 members (excludes halogenated alkanes) is 1. The second kappa shape index (κ2) is 7.77. The fourth-order valence-electron chi connectivity index (χ4n) is 1.70. The summed E-state index contributed by atoms with van der Waals surface area (Å²) < 4.78 is 0. The lowest BCUT2D eigenvalue weighted by atomic mass is 10.2. The summed E-state index contributed by atoms with van der Waals surface area (Å²) in [5.41, 5.74) is 1.41. The molecule has 4 nitrogen and oxygen atoms in total. The van der Waals surface area contributed by atoms with Crippen LogP contribution in [0.25, 0.3) is 0 Å². The van der Waals surface area contributed by atoms with Gasteiger partial charge in [-0.3, -0.25) is 4.90 Å². The molecule has 0 bridgehead atoms. The highest BCUT2D eigenvalue weighted by molar-refractivity contribution is 5.30. The Morgan fingerprint density at radius 2 is 2.29 bits per heavy atom. The van der Waals surface area contributed by atoms with Crippen LogP contribution < -0.4 is 0 Å². The van der Waals surface area contributed by atoms with Gasteiger partial charge in [0.15, 0.2) is 0 Å². The molecule has 0 amide bonds. The molecule has 1 heterocycles. The lowest BCUT2D eigenvalue weighted by molar-refractivity contribution is 0.188. The minimum absolute atomic E-state index is 0.145. The van der Waals surface area contributed by atoms with Gasteiger partial charge in [-0.2, -0.15) is 5.26 Å². The van der Waals surface area contributed by atoms with Gasteiger partial charge in [-0.25, -0.2) is 4.98 Å². The van der Waals surface area contributed by atoms with Crippen molar-refractivity contribution >= 4 is 0 Å². The highest BCUT2D eigenvalue weighted by Crippen LogP contribution is 2.08. The third-order valence-corrected chi connectivity index (χ3v) is 2.64. The zero-order valence-corrected chi connectivity index (χ0v) is 10.3. The maximum Gasteiger partial charge on any atom is 0.144 e. The van der Waals surface area contributed by atoms with Crippen molar-refractivity contribution in [1.29, 1.82) is 5.26 Å². The molecule has 0 spiro atoms. The van der Waals surface area contributed by atoms with E-state index in [1.807, 2.05) is 12.1 Å². The number of aromatic nitrogens is 1. The third kappa shape index (κ3) is 4.51. The monoisotopic (exact) mass is 233 g/mol. The van der Waals surface area contributed by atoms with Crippen molar-refractivity contribution in [3.8, 4) is 6.07 Å². The summed E-state index contributed by atoms with van der Waals surface area (Å²) >= 11 is 0. The molecule has 1 rings (SSSR count). The summed E-state index contributed by atoms with van der Waals surface area (Å²) in [6.07, 6.45) is 3.85. The number of hydrogen-bond donors (Lipinski definition) is 1. The van der Waals surface area contributed by atoms with Crippen molar-refractivity contribution in [1.82, 2.24) is 9.88 Å². The number of hydrogen-bond acceptors (Lipinski definition) is 4. The largest absolute Gasteiger partial charge is 0.395 e. The molecule has 17 heavy (non-hydrogen) atoms. The standard InChI is InChI=1S/C13H19N3O/c1-2-3-7-16(8-9-17)11-12-5-4-6-15-13(12)10-14/h4-6,17H,2-3,7-9,11H2,1H3. The lowest BCUT2D eigenvalue weighted by Crippen LogP contribution is -2.28. The Hall–Kier alpha value is -1.44. The molecule has 1 aromatic heterocycles. The Morgan fingerprint density at radius 3 is 2.94 bits per heavy atom. The smallest absolute Gasteiger partial charge is 0.144 e. The molecule has 92 valence electrons. The van der Waals surface area contributed by atoms with Crippen molar-refractivity contribution in [2.75, 3.05) is 19.7 Å². The van der Waals surface area contributed by atoms with Crippen LogP contribution in [-0.4, -0.2) is 34.7 Å². The molecular formula is C13H19N3O. The van der Waals surface area contributed by atoms with Crippen LogP contribution in [0.5, 0.6) is 0 Å². The summed E-state index contributed by atoms with van der Waals surface area (Å²) in [6.45, 7) is 4.54. The first-order valence-electron chi connectivity index (χ1n) is 5.99. The number of aliphatic hydroxyl groups is 1. The van der Waals surface area contributed by atoms with Gasteiger partial charge in [-0.05, 0) is 19.0 Å². The van der Waals surface area contributed by atoms with Gasteiger partial charge in [0.05, 0.1) is 6.61 Å². The van der Waals surface area contributed by atoms with E-state index in [-0.39, 0.29) is 6.61 Å². The predicted octanol–water partition coefficient (Wildman–Crippen LogP) is 1.55. The molecule has 0 aliphatic rings. The minimum atomic E-state index is 0.145. The quantitative estimate of drug-likeness (QED) is 0.776. The molecule has 0 saturated heterocycles. The van der Waals surface area contributed by atoms with Crippen LogP contribution in [0.3, 0.4) is 0 Å². The van der Waals surface area contributed by atoms with Gasteiger partial charge < -0.3 is 5.11 Å². The molecule has 1 aromatic rings. The zero-order valence-electron chi connectivity index (χ0n) is 10.3. The summed E-state index contributed by atoms with van der Waals surface area (Å²) in [5.74, 6) is 0. The average molecular weight is 233 g/mol. The summed E-state index contributed by atoms with van der Waals surface area (Å²) in [4.78, 5) is 6.19. The lowest BCUT2D eigenvalue weighted by Gasteiger charge is -2.21. The van der Waals surface area contributed by atoms with Crippen LogP contribution in [0.15, 0.2) is 18.3 Å². The van der Waals surface area contributed by atoms with Crippen molar-refractivity contribution in [3.05, 3.63) is 29.6 Å². The van der Waals surface area contributed by atoms with Crippen LogP contribution in [0.4, 0.5) is 0 Å². The van der Waals surface area contributed by atoms with Crippen molar-refractivity contribution < 1.29 is 5.11 Å². The molecule has 0 saturated carbocycles. The molecule has 0 aromatic carbocycles. The van der Waals surface area contributed by atoms with Crippen molar-refractivity contribution in [2.45, 2.75) is 26.3 Å². The number of nitrogens with zero attached hydrogens (tertiary/aromatic N) is 3. The van der Waals surface area contributed by atoms with Gasteiger partial charge in [0.1, 0.15) is 11.8 Å². The fourth-order valence-corrected chi connectivity index (χ4v) is 1.70. The van der Waals surface area contributed by atoms with Gasteiger partial charge >= 0.3 is 0 Å². The van der Waals surface area contributed by atoms with Crippen molar-refractivity contribution in [3.63, 3.8) is 0 Å². The predicted molar refractivity (Wildman–Crippen MR) is 66.2 cm³/mol. The fraction of sp³-hybridized carbons (Fsp3) is 0.538. The summed E-state index contributed by atoms with van der Waals surface area (Å²) in [6, 6.07) is 5.86. The molecule has 0 aliphatic heterocycles. The summed E-state index contributed by atoms with van der Waals surface area (Å²) in [5, 5.41) is 18.0. The topological polar surface area (TPSA) is 60.1 Å². The second-order valence-corrected chi connectivity index (χ2v) is 3.98. The van der Waals surface area contributed by atoms with Crippen molar-refractivity contribution in [2.24, 2.45) is 0 Å². The van der Waals surface area contributed by atoms with Crippen LogP contribution in [0.2, 0.25) is 0 Å². The minimum Gasteiger partial charge on any atom is -0.395 e. The van der Waals surface area contributed by atoms with E-state index in [1.165, 1.54) is 0 Å². The van der Waals surface area contributed by atoms with E-state index in [0.717, 1.165) is 24.9 Å². The SMILES string of the molecule is CCCCN(CCO)Cc1cccnc1C#N. The molecule has 1 N–H and O–H groups in total. The number of aliphatic hydroxyl groups excluding tert-OH is 1. The van der Waals surface area contributed by atoms with Gasteiger partial charge in [0.25, 0.3) is 0 Å². The van der Waals surface area contributed by atoms with Crippen LogP contribution in [0.1, 0.15) is 31.0 Å². The van der Waals surface area contributed by atoms with E-state index in [4.69, 9.17) is 10.4 Å². The molecule has 0 aliphatic carbocycles. The summed E-state index contributed by atoms with van der Waals surface area (Å²) in [7, 11) is 0. The first-order valence-corrected chi connectivity index (χ1v) is 5.99. The Balaban J connectivity index is 2.68. The molecule has 4 heteroatoms. The van der Waals surface area contributed by atoms with E-state index >= 15 is 0 Å². The number of rotatable bonds is 7. The Labute approximate surface area is 103 Å². The van der Waals surface area contributed by atoms with Gasteiger partial charge in [0, 0.05) is 24.8 Å². The first-order chi connectivity index (χ1) is 8.31. The molecule has 0 atom stereocenters. The first kappa shape index (κ1) is 13.6. The molecule has 0 unspecified atom stereocenters. The number of nitriles is 1. The maximum atomic E-state index is 9.02. The zero-order chi connectivity index (χ0) is 12.5. The average Bonchev–Trinajstić information content (AvgIpc) is 2.37. The van der Waals surface area contributed by atoms with Gasteiger partial charge in [-0.1, -0.05) is 19.4 Å². The van der Waals surface area contributed by atoms with Gasteiger partial charge in [0.2, 0.25) is 0 Å². The normalized spacial score (nSPS) is 10.5. The highest BCUT2D eigenvalue weighted by Gasteiger charge is 2.08. The van der Waals surface area contributed by atoms with Crippen LogP contribution in [0, 0.1) is 11.3 Å². The van der Waals surface area contributed by atoms with Crippen LogP contribution in [-0.2, 0) is 6.54 Å². The molecule has 0 radical (unpaired) electrons. The highest BCUT2D eigenvalue weighted by atomic mass is 16.3. The molecular weight excluding hydrogens is 214 g/mol. The molecule has 0 fully saturated rings. The Bertz CT molecular complexity index is 373. The second-order valence-electron chi connectivity index (χ2n) is 3.98. The van der Waals surface area contributed by atoms with E-state index < -0.39 is 0 Å². The van der Waals surface area contributed by atoms with Crippen LogP contribution >= 0.6 is 0 Å². The maximum absolute atomic E-state index is 9.02.